The number of hydrogen-bond donors (Lipinski definition) is 1. The zero-order valence-corrected chi connectivity index (χ0v) is 11.3. The van der Waals surface area contributed by atoms with Crippen molar-refractivity contribution >= 4 is 23.2 Å². The fraction of sp³-hybridized carbons (Fsp3) is 0.417. The molecule has 0 bridgehead atoms. The number of nitrogens with one attached hydrogen (secondary N) is 1. The molecule has 19 heavy (non-hydrogen) atoms. The Balaban J connectivity index is 2.61. The number of rotatable bonds is 7. The topological polar surface area (TPSA) is 81.5 Å². The summed E-state index contributed by atoms with van der Waals surface area (Å²) in [5, 5.41) is 13.3. The first-order chi connectivity index (χ1) is 9.06. The first-order valence-electron chi connectivity index (χ1n) is 5.73. The first-order valence-corrected chi connectivity index (χ1v) is 6.26. The van der Waals surface area contributed by atoms with E-state index in [-0.39, 0.29) is 11.6 Å². The molecule has 0 unspecified atom stereocenters. The lowest BCUT2D eigenvalue weighted by atomic mass is 10.1. The van der Waals surface area contributed by atoms with E-state index in [4.69, 9.17) is 16.3 Å². The van der Waals surface area contributed by atoms with Crippen molar-refractivity contribution in [1.29, 1.82) is 0 Å². The van der Waals surface area contributed by atoms with Gasteiger partial charge in [-0.1, -0.05) is 6.07 Å². The maximum Gasteiger partial charge on any atom is 0.270 e. The van der Waals surface area contributed by atoms with E-state index in [1.165, 1.54) is 12.1 Å². The number of nitro benzene ring substituents is 1. The van der Waals surface area contributed by atoms with Crippen LogP contribution in [0.25, 0.3) is 0 Å². The van der Waals surface area contributed by atoms with Gasteiger partial charge >= 0.3 is 0 Å². The Bertz CT molecular complexity index is 465. The minimum Gasteiger partial charge on any atom is -0.378 e. The number of nitrogens with zero attached hydrogens (tertiary/aromatic N) is 1. The highest BCUT2D eigenvalue weighted by Crippen LogP contribution is 2.17. The molecule has 7 heteroatoms. The molecule has 0 aliphatic rings. The van der Waals surface area contributed by atoms with Crippen molar-refractivity contribution in [2.24, 2.45) is 0 Å². The van der Waals surface area contributed by atoms with E-state index >= 15 is 0 Å². The molecule has 0 radical (unpaired) electrons. The fourth-order valence-electron chi connectivity index (χ4n) is 1.46. The zero-order chi connectivity index (χ0) is 14.3. The van der Waals surface area contributed by atoms with Gasteiger partial charge in [0.25, 0.3) is 11.6 Å². The molecule has 0 aliphatic heterocycles. The van der Waals surface area contributed by atoms with Gasteiger partial charge < -0.3 is 10.1 Å². The molecule has 0 aliphatic carbocycles. The van der Waals surface area contributed by atoms with Gasteiger partial charge in [-0.2, -0.15) is 0 Å². The summed E-state index contributed by atoms with van der Waals surface area (Å²) in [6, 6.07) is 4.19. The smallest absolute Gasteiger partial charge is 0.270 e. The summed E-state index contributed by atoms with van der Waals surface area (Å²) in [5.74, 6) is 0.0495. The Kier molecular flexibility index (Phi) is 6.24. The van der Waals surface area contributed by atoms with E-state index in [2.05, 4.69) is 5.32 Å². The SMILES string of the molecule is Cc1ccc([N+](=O)[O-])cc1C(=O)NCCOCCCl. The summed E-state index contributed by atoms with van der Waals surface area (Å²) in [7, 11) is 0. The number of carbonyl (C=O) groups is 1. The highest BCUT2D eigenvalue weighted by molar-refractivity contribution is 6.17. The van der Waals surface area contributed by atoms with Crippen molar-refractivity contribution in [1.82, 2.24) is 5.32 Å². The molecule has 0 atom stereocenters. The molecule has 1 aromatic rings. The number of halogens is 1. The van der Waals surface area contributed by atoms with Gasteiger partial charge in [-0.25, -0.2) is 0 Å². The van der Waals surface area contributed by atoms with E-state index in [1.54, 1.807) is 13.0 Å². The second-order valence-electron chi connectivity index (χ2n) is 3.81. The maximum absolute atomic E-state index is 11.9. The predicted molar refractivity (Wildman–Crippen MR) is 71.7 cm³/mol. The Morgan fingerprint density at radius 1 is 1.47 bits per heavy atom. The van der Waals surface area contributed by atoms with Crippen LogP contribution < -0.4 is 5.32 Å². The van der Waals surface area contributed by atoms with E-state index in [0.29, 0.717) is 36.8 Å². The third-order valence-electron chi connectivity index (χ3n) is 2.43. The standard InChI is InChI=1S/C12H15ClN2O4/c1-9-2-3-10(15(17)18)8-11(9)12(16)14-5-7-19-6-4-13/h2-3,8H,4-7H2,1H3,(H,14,16). The number of carbonyl (C=O) groups excluding carboxylic acids is 1. The number of benzene rings is 1. The minimum atomic E-state index is -0.528. The lowest BCUT2D eigenvalue weighted by molar-refractivity contribution is -0.384. The zero-order valence-electron chi connectivity index (χ0n) is 10.5. The molecule has 0 fully saturated rings. The lowest BCUT2D eigenvalue weighted by Crippen LogP contribution is -2.28. The Morgan fingerprint density at radius 3 is 2.84 bits per heavy atom. The van der Waals surface area contributed by atoms with Crippen LogP contribution in [0.15, 0.2) is 18.2 Å². The van der Waals surface area contributed by atoms with Crippen molar-refractivity contribution in [3.05, 3.63) is 39.4 Å². The molecule has 1 rings (SSSR count). The number of aryl methyl sites for hydroxylation is 1. The number of amides is 1. The van der Waals surface area contributed by atoms with Gasteiger partial charge in [0.2, 0.25) is 0 Å². The summed E-state index contributed by atoms with van der Waals surface area (Å²) >= 11 is 5.43. The number of nitro groups is 1. The largest absolute Gasteiger partial charge is 0.378 e. The Morgan fingerprint density at radius 2 is 2.21 bits per heavy atom. The van der Waals surface area contributed by atoms with Gasteiger partial charge in [0, 0.05) is 30.1 Å². The van der Waals surface area contributed by atoms with E-state index in [1.807, 2.05) is 0 Å². The van der Waals surface area contributed by atoms with E-state index in [0.717, 1.165) is 0 Å². The van der Waals surface area contributed by atoms with Gasteiger partial charge in [0.15, 0.2) is 0 Å². The first kappa shape index (κ1) is 15.4. The number of ether oxygens (including phenoxy) is 1. The molecule has 1 amide bonds. The molecule has 6 nitrogen and oxygen atoms in total. The number of alkyl halides is 1. The van der Waals surface area contributed by atoms with Crippen LogP contribution in [0, 0.1) is 17.0 Å². The van der Waals surface area contributed by atoms with E-state index in [9.17, 15) is 14.9 Å². The third kappa shape index (κ3) is 4.84. The summed E-state index contributed by atoms with van der Waals surface area (Å²) in [4.78, 5) is 22.0. The molecule has 0 heterocycles. The highest BCUT2D eigenvalue weighted by atomic mass is 35.5. The van der Waals surface area contributed by atoms with Crippen LogP contribution in [0.2, 0.25) is 0 Å². The summed E-state index contributed by atoms with van der Waals surface area (Å²) in [6.45, 7) is 2.83. The van der Waals surface area contributed by atoms with Crippen LogP contribution in [0.1, 0.15) is 15.9 Å². The molecular weight excluding hydrogens is 272 g/mol. The van der Waals surface area contributed by atoms with E-state index < -0.39 is 4.92 Å². The second kappa shape index (κ2) is 7.70. The quantitative estimate of drug-likeness (QED) is 0.359. The highest BCUT2D eigenvalue weighted by Gasteiger charge is 2.14. The van der Waals surface area contributed by atoms with Crippen molar-refractivity contribution in [2.75, 3.05) is 25.6 Å². The van der Waals surface area contributed by atoms with Gasteiger partial charge in [0.1, 0.15) is 0 Å². The molecule has 0 saturated heterocycles. The molecule has 0 spiro atoms. The maximum atomic E-state index is 11.9. The van der Waals surface area contributed by atoms with Crippen molar-refractivity contribution in [3.8, 4) is 0 Å². The monoisotopic (exact) mass is 286 g/mol. The summed E-state index contributed by atoms with van der Waals surface area (Å²) < 4.78 is 5.11. The Labute approximate surface area is 115 Å². The van der Waals surface area contributed by atoms with Gasteiger partial charge in [-0.15, -0.1) is 11.6 Å². The van der Waals surface area contributed by atoms with Crippen LogP contribution in [0.4, 0.5) is 5.69 Å². The van der Waals surface area contributed by atoms with Crippen molar-refractivity contribution < 1.29 is 14.5 Å². The average Bonchev–Trinajstić information content (AvgIpc) is 2.38. The predicted octanol–water partition coefficient (Wildman–Crippen LogP) is 1.89. The van der Waals surface area contributed by atoms with Crippen LogP contribution in [0.3, 0.4) is 0 Å². The van der Waals surface area contributed by atoms with Gasteiger partial charge in [-0.3, -0.25) is 14.9 Å². The average molecular weight is 287 g/mol. The molecule has 1 N–H and O–H groups in total. The number of hydrogen-bond acceptors (Lipinski definition) is 4. The molecule has 0 aromatic heterocycles. The van der Waals surface area contributed by atoms with Crippen LogP contribution in [-0.4, -0.2) is 36.5 Å². The second-order valence-corrected chi connectivity index (χ2v) is 4.19. The molecule has 0 saturated carbocycles. The van der Waals surface area contributed by atoms with Crippen LogP contribution in [-0.2, 0) is 4.74 Å². The molecule has 104 valence electrons. The summed E-state index contributed by atoms with van der Waals surface area (Å²) in [6.07, 6.45) is 0. The molecule has 1 aromatic carbocycles. The van der Waals surface area contributed by atoms with Gasteiger partial charge in [0.05, 0.1) is 18.1 Å². The fourth-order valence-corrected chi connectivity index (χ4v) is 1.57. The van der Waals surface area contributed by atoms with Crippen molar-refractivity contribution in [3.63, 3.8) is 0 Å². The Hall–Kier alpha value is -1.66. The number of non-ortho nitro benzene ring substituents is 1. The van der Waals surface area contributed by atoms with Crippen LogP contribution in [0.5, 0.6) is 0 Å². The third-order valence-corrected chi connectivity index (χ3v) is 2.58. The van der Waals surface area contributed by atoms with Crippen LogP contribution >= 0.6 is 11.6 Å². The lowest BCUT2D eigenvalue weighted by Gasteiger charge is -2.07. The normalized spacial score (nSPS) is 10.2. The minimum absolute atomic E-state index is 0.103. The molecular formula is C12H15ClN2O4. The summed E-state index contributed by atoms with van der Waals surface area (Å²) in [5.41, 5.74) is 0.880. The van der Waals surface area contributed by atoms with Gasteiger partial charge in [-0.05, 0) is 12.5 Å². The van der Waals surface area contributed by atoms with Crippen molar-refractivity contribution in [2.45, 2.75) is 6.92 Å².